The first-order chi connectivity index (χ1) is 16.8. The van der Waals surface area contributed by atoms with Crippen LogP contribution in [0.5, 0.6) is 0 Å². The molecule has 0 radical (unpaired) electrons. The number of hydrogen-bond donors (Lipinski definition) is 1. The number of halogens is 2. The quantitative estimate of drug-likeness (QED) is 0.500. The number of benzene rings is 2. The summed E-state index contributed by atoms with van der Waals surface area (Å²) < 4.78 is 0. The molecule has 1 saturated carbocycles. The minimum Gasteiger partial charge on any atom is -0.334 e. The molecule has 7 heteroatoms. The third-order valence-electron chi connectivity index (χ3n) is 7.18. The Balaban J connectivity index is 1.52. The molecular weight excluding hydrogens is 481 g/mol. The molecule has 4 rings (SSSR count). The number of hydrogen-bond acceptors (Lipinski definition) is 3. The Morgan fingerprint density at radius 2 is 1.60 bits per heavy atom. The summed E-state index contributed by atoms with van der Waals surface area (Å²) in [6, 6.07) is 11.5. The highest BCUT2D eigenvalue weighted by Gasteiger charge is 2.34. The molecule has 0 aromatic heterocycles. The third-order valence-corrected chi connectivity index (χ3v) is 7.92. The molecule has 2 amide bonds. The van der Waals surface area contributed by atoms with Crippen LogP contribution in [0.4, 0.5) is 0 Å². The van der Waals surface area contributed by atoms with Gasteiger partial charge in [-0.25, -0.2) is 0 Å². The summed E-state index contributed by atoms with van der Waals surface area (Å²) in [4.78, 5) is 30.6. The van der Waals surface area contributed by atoms with Gasteiger partial charge in [0.2, 0.25) is 5.91 Å². The second-order valence-corrected chi connectivity index (χ2v) is 10.8. The molecule has 0 spiro atoms. The van der Waals surface area contributed by atoms with E-state index in [0.29, 0.717) is 47.8 Å². The molecule has 1 N–H and O–H groups in total. The number of carbonyl (C=O) groups excluding carboxylic acids is 2. The standard InChI is InChI=1S/C28H35Cl2N3O2/c1-19-13-20(2)15-22(14-19)28(35)32-11-12-33(26(18-32)21-9-10-24(29)25(30)16-21)27(34)17-31-23-7-5-3-4-6-8-23/h9-10,13-16,23,26,31H,3-8,11-12,17-18H2,1-2H3. The largest absolute Gasteiger partial charge is 0.334 e. The van der Waals surface area contributed by atoms with Gasteiger partial charge in [0.05, 0.1) is 22.6 Å². The summed E-state index contributed by atoms with van der Waals surface area (Å²) in [6.45, 7) is 5.71. The lowest BCUT2D eigenvalue weighted by molar-refractivity contribution is -0.135. The number of piperazine rings is 1. The number of carbonyl (C=O) groups is 2. The van der Waals surface area contributed by atoms with Gasteiger partial charge >= 0.3 is 0 Å². The van der Waals surface area contributed by atoms with Gasteiger partial charge in [-0.15, -0.1) is 0 Å². The highest BCUT2D eigenvalue weighted by Crippen LogP contribution is 2.31. The summed E-state index contributed by atoms with van der Waals surface area (Å²) in [5, 5.41) is 4.43. The number of nitrogens with one attached hydrogen (secondary N) is 1. The molecule has 0 bridgehead atoms. The van der Waals surface area contributed by atoms with Crippen molar-refractivity contribution in [3.05, 3.63) is 68.7 Å². The Bertz CT molecular complexity index is 1050. The molecule has 1 aliphatic carbocycles. The van der Waals surface area contributed by atoms with Crippen LogP contribution in [0.15, 0.2) is 36.4 Å². The zero-order chi connectivity index (χ0) is 24.9. The van der Waals surface area contributed by atoms with Crippen molar-refractivity contribution in [2.24, 2.45) is 0 Å². The van der Waals surface area contributed by atoms with Gasteiger partial charge < -0.3 is 15.1 Å². The molecule has 2 aromatic carbocycles. The highest BCUT2D eigenvalue weighted by atomic mass is 35.5. The molecule has 2 fully saturated rings. The predicted molar refractivity (Wildman–Crippen MR) is 142 cm³/mol. The molecule has 1 heterocycles. The van der Waals surface area contributed by atoms with Crippen molar-refractivity contribution in [3.63, 3.8) is 0 Å². The van der Waals surface area contributed by atoms with Gasteiger partial charge in [-0.05, 0) is 56.5 Å². The lowest BCUT2D eigenvalue weighted by Crippen LogP contribution is -2.54. The SMILES string of the molecule is Cc1cc(C)cc(C(=O)N2CCN(C(=O)CNC3CCCCCC3)C(c3ccc(Cl)c(Cl)c3)C2)c1. The number of nitrogens with zero attached hydrogens (tertiary/aromatic N) is 2. The molecular formula is C28H35Cl2N3O2. The molecule has 1 atom stereocenters. The third kappa shape index (κ3) is 6.58. The van der Waals surface area contributed by atoms with E-state index in [1.54, 1.807) is 6.07 Å². The van der Waals surface area contributed by atoms with E-state index in [0.717, 1.165) is 29.5 Å². The van der Waals surface area contributed by atoms with E-state index in [-0.39, 0.29) is 17.9 Å². The van der Waals surface area contributed by atoms with Crippen LogP contribution in [0.25, 0.3) is 0 Å². The first-order valence-electron chi connectivity index (χ1n) is 12.7. The molecule has 35 heavy (non-hydrogen) atoms. The smallest absolute Gasteiger partial charge is 0.254 e. The van der Waals surface area contributed by atoms with Crippen molar-refractivity contribution in [3.8, 4) is 0 Å². The Morgan fingerprint density at radius 1 is 0.914 bits per heavy atom. The average Bonchev–Trinajstić information content (AvgIpc) is 3.12. The number of aryl methyl sites for hydroxylation is 2. The zero-order valence-electron chi connectivity index (χ0n) is 20.7. The van der Waals surface area contributed by atoms with E-state index in [1.807, 2.05) is 47.9 Å². The lowest BCUT2D eigenvalue weighted by Gasteiger charge is -2.42. The molecule has 2 aliphatic rings. The molecule has 1 saturated heterocycles. The van der Waals surface area contributed by atoms with Crippen LogP contribution in [-0.2, 0) is 4.79 Å². The van der Waals surface area contributed by atoms with Crippen molar-refractivity contribution in [2.75, 3.05) is 26.2 Å². The Kier molecular flexibility index (Phi) is 8.74. The van der Waals surface area contributed by atoms with E-state index >= 15 is 0 Å². The van der Waals surface area contributed by atoms with E-state index in [4.69, 9.17) is 23.2 Å². The van der Waals surface area contributed by atoms with Gasteiger partial charge in [0.15, 0.2) is 0 Å². The maximum Gasteiger partial charge on any atom is 0.254 e. The fourth-order valence-electron chi connectivity index (χ4n) is 5.37. The van der Waals surface area contributed by atoms with Gasteiger partial charge in [-0.2, -0.15) is 0 Å². The van der Waals surface area contributed by atoms with Crippen LogP contribution in [0.1, 0.15) is 71.6 Å². The predicted octanol–water partition coefficient (Wildman–Crippen LogP) is 5.95. The zero-order valence-corrected chi connectivity index (χ0v) is 22.2. The Labute approximate surface area is 218 Å². The minimum absolute atomic E-state index is 0.00876. The second kappa shape index (κ2) is 11.8. The molecule has 5 nitrogen and oxygen atoms in total. The summed E-state index contributed by atoms with van der Waals surface area (Å²) in [5.74, 6) is 0.0503. The van der Waals surface area contributed by atoms with Crippen LogP contribution >= 0.6 is 23.2 Å². The number of amides is 2. The molecule has 1 unspecified atom stereocenters. The first kappa shape index (κ1) is 26.0. The van der Waals surface area contributed by atoms with Crippen LogP contribution in [0.3, 0.4) is 0 Å². The number of rotatable bonds is 5. The Hall–Kier alpha value is -2.08. The van der Waals surface area contributed by atoms with Gasteiger partial charge in [0.1, 0.15) is 0 Å². The van der Waals surface area contributed by atoms with Crippen molar-refractivity contribution in [2.45, 2.75) is 64.5 Å². The first-order valence-corrected chi connectivity index (χ1v) is 13.4. The van der Waals surface area contributed by atoms with Crippen molar-refractivity contribution in [1.82, 2.24) is 15.1 Å². The lowest BCUT2D eigenvalue weighted by atomic mass is 10.0. The maximum atomic E-state index is 13.4. The second-order valence-electron chi connectivity index (χ2n) is 9.97. The summed E-state index contributed by atoms with van der Waals surface area (Å²) in [7, 11) is 0. The van der Waals surface area contributed by atoms with Crippen LogP contribution in [-0.4, -0.2) is 53.8 Å². The normalized spacial score (nSPS) is 19.5. The van der Waals surface area contributed by atoms with Crippen LogP contribution in [0, 0.1) is 13.8 Å². The molecule has 1 aliphatic heterocycles. The van der Waals surface area contributed by atoms with E-state index in [1.165, 1.54) is 25.7 Å². The molecule has 188 valence electrons. The molecule has 2 aromatic rings. The van der Waals surface area contributed by atoms with Gasteiger partial charge in [-0.1, -0.05) is 72.1 Å². The highest BCUT2D eigenvalue weighted by molar-refractivity contribution is 6.42. The average molecular weight is 517 g/mol. The summed E-state index contributed by atoms with van der Waals surface area (Å²) >= 11 is 12.5. The summed E-state index contributed by atoms with van der Waals surface area (Å²) in [5.41, 5.74) is 3.70. The van der Waals surface area contributed by atoms with Gasteiger partial charge in [0.25, 0.3) is 5.91 Å². The van der Waals surface area contributed by atoms with Gasteiger partial charge in [-0.3, -0.25) is 9.59 Å². The fourth-order valence-corrected chi connectivity index (χ4v) is 5.67. The van der Waals surface area contributed by atoms with E-state index < -0.39 is 0 Å². The van der Waals surface area contributed by atoms with E-state index in [9.17, 15) is 9.59 Å². The monoisotopic (exact) mass is 515 g/mol. The van der Waals surface area contributed by atoms with Crippen molar-refractivity contribution in [1.29, 1.82) is 0 Å². The van der Waals surface area contributed by atoms with Gasteiger partial charge in [0, 0.05) is 31.2 Å². The minimum atomic E-state index is -0.281. The summed E-state index contributed by atoms with van der Waals surface area (Å²) in [6.07, 6.45) is 7.25. The topological polar surface area (TPSA) is 52.7 Å². The van der Waals surface area contributed by atoms with Crippen LogP contribution < -0.4 is 5.32 Å². The fraction of sp³-hybridized carbons (Fsp3) is 0.500. The Morgan fingerprint density at radius 3 is 2.26 bits per heavy atom. The van der Waals surface area contributed by atoms with Crippen molar-refractivity contribution < 1.29 is 9.59 Å². The van der Waals surface area contributed by atoms with E-state index in [2.05, 4.69) is 11.4 Å². The maximum absolute atomic E-state index is 13.4. The van der Waals surface area contributed by atoms with Crippen molar-refractivity contribution >= 4 is 35.0 Å². The van der Waals surface area contributed by atoms with Crippen LogP contribution in [0.2, 0.25) is 10.0 Å².